The predicted octanol–water partition coefficient (Wildman–Crippen LogP) is -8.04. The van der Waals surface area contributed by atoms with Crippen molar-refractivity contribution in [3.05, 3.63) is 0 Å². The van der Waals surface area contributed by atoms with Crippen molar-refractivity contribution in [3.8, 4) is 0 Å². The van der Waals surface area contributed by atoms with E-state index in [1.807, 2.05) is 0 Å². The number of hydrogen-bond acceptors (Lipinski definition) is 20. The molecule has 4 fully saturated rings. The molecule has 0 aromatic carbocycles. The van der Waals surface area contributed by atoms with Crippen LogP contribution in [-0.4, -0.2) is 215 Å². The lowest BCUT2D eigenvalue weighted by Gasteiger charge is -2.46. The van der Waals surface area contributed by atoms with Crippen LogP contribution in [0.2, 0.25) is 0 Å². The summed E-state index contributed by atoms with van der Waals surface area (Å²) in [5.41, 5.74) is 0. The van der Waals surface area contributed by atoms with Gasteiger partial charge in [0.05, 0.1) is 32.5 Å². The highest BCUT2D eigenvalue weighted by Crippen LogP contribution is 2.32. The van der Waals surface area contributed by atoms with Gasteiger partial charge in [0.1, 0.15) is 97.7 Å². The average molecular weight is 693 g/mol. The number of rotatable bonds is 11. The molecule has 0 spiro atoms. The van der Waals surface area contributed by atoms with Crippen LogP contribution in [0.15, 0.2) is 0 Å². The van der Waals surface area contributed by atoms with E-state index < -0.39 is 149 Å². The van der Waals surface area contributed by atoms with Gasteiger partial charge in [0.15, 0.2) is 18.9 Å². The first-order chi connectivity index (χ1) is 22.1. The summed E-state index contributed by atoms with van der Waals surface area (Å²) in [6, 6.07) is 0. The molecule has 4 aliphatic rings. The Morgan fingerprint density at radius 2 is 0.851 bits per heavy atom. The van der Waals surface area contributed by atoms with Crippen LogP contribution in [-0.2, 0) is 33.2 Å². The highest BCUT2D eigenvalue weighted by atomic mass is 16.8. The van der Waals surface area contributed by atoms with Gasteiger partial charge in [-0.2, -0.15) is 0 Å². The highest BCUT2D eigenvalue weighted by Gasteiger charge is 2.52. The standard InChI is InChI=1S/C27H48O20/c1-7(2)23-20(38)16(34)14(32)10(43-23)5-41-25-21(39)18(36)15(33)11(46-25)6-42-27-24(19(37)13(31)9(4-29)45-27)47-26-22(40)17(35)12(30)8(3-28)44-26/h7-40H,3-6H2,1-2H3/t8?,9?,10?,11?,12-,13-,14-,15-,16?,17?,18?,19?,20+,21+,22+,23-,24+,25+,26-,27+/m0/s1. The quantitative estimate of drug-likeness (QED) is 0.0956. The molecule has 0 aromatic rings. The van der Waals surface area contributed by atoms with Crippen LogP contribution in [0, 0.1) is 5.92 Å². The van der Waals surface area contributed by atoms with Crippen LogP contribution in [0.25, 0.3) is 0 Å². The molecule has 4 rings (SSSR count). The van der Waals surface area contributed by atoms with Crippen molar-refractivity contribution in [2.24, 2.45) is 5.92 Å². The third kappa shape index (κ3) is 8.24. The van der Waals surface area contributed by atoms with Crippen molar-refractivity contribution in [2.45, 2.75) is 136 Å². The van der Waals surface area contributed by atoms with Crippen LogP contribution in [0.4, 0.5) is 0 Å². The highest BCUT2D eigenvalue weighted by molar-refractivity contribution is 4.96. The van der Waals surface area contributed by atoms with Gasteiger partial charge in [0, 0.05) is 0 Å². The van der Waals surface area contributed by atoms with E-state index in [9.17, 15) is 66.4 Å². The van der Waals surface area contributed by atoms with Gasteiger partial charge in [0.25, 0.3) is 0 Å². The van der Waals surface area contributed by atoms with E-state index in [1.54, 1.807) is 13.8 Å². The second kappa shape index (κ2) is 16.5. The van der Waals surface area contributed by atoms with Crippen molar-refractivity contribution < 1.29 is 99.5 Å². The lowest BCUT2D eigenvalue weighted by atomic mass is 9.89. The SMILES string of the molecule is CC(C)[C@@H]1OC(CO[C@@H]2OC(CO[C@@H]3OC(CO)[C@H](O)C(O)[C@H]3O[C@@H]3OC(CO)[C@H](O)C(O)[C@H]3O)[C@H](O)C(O)[C@H]2O)[C@H](O)C(O)[C@H]1O. The molecule has 0 bridgehead atoms. The summed E-state index contributed by atoms with van der Waals surface area (Å²) in [5, 5.41) is 133. The summed E-state index contributed by atoms with van der Waals surface area (Å²) < 4.78 is 38.9. The first-order valence-electron chi connectivity index (χ1n) is 15.3. The van der Waals surface area contributed by atoms with E-state index in [2.05, 4.69) is 0 Å². The second-order valence-electron chi connectivity index (χ2n) is 12.5. The minimum Gasteiger partial charge on any atom is -0.394 e. The Bertz CT molecular complexity index is 961. The summed E-state index contributed by atoms with van der Waals surface area (Å²) in [6.45, 7) is 0.704. The fourth-order valence-corrected chi connectivity index (χ4v) is 5.91. The summed E-state index contributed by atoms with van der Waals surface area (Å²) >= 11 is 0. The molecule has 8 unspecified atom stereocenters. The summed E-state index contributed by atoms with van der Waals surface area (Å²) in [7, 11) is 0. The molecule has 4 aliphatic heterocycles. The maximum atomic E-state index is 10.8. The van der Waals surface area contributed by atoms with E-state index in [0.29, 0.717) is 0 Å². The topological polar surface area (TPSA) is 328 Å². The van der Waals surface area contributed by atoms with E-state index in [1.165, 1.54) is 0 Å². The molecule has 20 atom stereocenters. The van der Waals surface area contributed by atoms with Crippen molar-refractivity contribution in [1.29, 1.82) is 0 Å². The number of aliphatic hydroxyl groups is 13. The van der Waals surface area contributed by atoms with Gasteiger partial charge in [-0.3, -0.25) is 0 Å². The van der Waals surface area contributed by atoms with Crippen molar-refractivity contribution >= 4 is 0 Å². The van der Waals surface area contributed by atoms with Crippen molar-refractivity contribution in [1.82, 2.24) is 0 Å². The van der Waals surface area contributed by atoms with Gasteiger partial charge >= 0.3 is 0 Å². The van der Waals surface area contributed by atoms with E-state index in [-0.39, 0.29) is 5.92 Å². The molecule has 0 aromatic heterocycles. The van der Waals surface area contributed by atoms with E-state index in [0.717, 1.165) is 0 Å². The zero-order valence-corrected chi connectivity index (χ0v) is 25.6. The zero-order valence-electron chi connectivity index (χ0n) is 25.6. The van der Waals surface area contributed by atoms with Crippen LogP contribution in [0.3, 0.4) is 0 Å². The molecule has 20 heteroatoms. The van der Waals surface area contributed by atoms with Gasteiger partial charge in [-0.1, -0.05) is 13.8 Å². The Morgan fingerprint density at radius 3 is 1.38 bits per heavy atom. The van der Waals surface area contributed by atoms with Gasteiger partial charge in [-0.15, -0.1) is 0 Å². The first kappa shape index (κ1) is 39.0. The maximum absolute atomic E-state index is 10.8. The molecule has 13 N–H and O–H groups in total. The summed E-state index contributed by atoms with van der Waals surface area (Å²) in [4.78, 5) is 0. The van der Waals surface area contributed by atoms with E-state index in [4.69, 9.17) is 33.2 Å². The molecule has 0 aliphatic carbocycles. The van der Waals surface area contributed by atoms with Crippen LogP contribution < -0.4 is 0 Å². The van der Waals surface area contributed by atoms with Crippen LogP contribution >= 0.6 is 0 Å². The Labute approximate surface area is 268 Å². The third-order valence-electron chi connectivity index (χ3n) is 8.89. The normalized spacial score (nSPS) is 51.3. The van der Waals surface area contributed by atoms with Gasteiger partial charge in [-0.05, 0) is 5.92 Å². The van der Waals surface area contributed by atoms with Crippen LogP contribution in [0.5, 0.6) is 0 Å². The Kier molecular flexibility index (Phi) is 13.7. The molecular formula is C27H48O20. The Morgan fingerprint density at radius 1 is 0.447 bits per heavy atom. The summed E-state index contributed by atoms with van der Waals surface area (Å²) in [6.07, 6.45) is -32.3. The van der Waals surface area contributed by atoms with Crippen molar-refractivity contribution in [3.63, 3.8) is 0 Å². The summed E-state index contributed by atoms with van der Waals surface area (Å²) in [5.74, 6) is -0.259. The molecule has 0 radical (unpaired) electrons. The number of ether oxygens (including phenoxy) is 7. The molecule has 20 nitrogen and oxygen atoms in total. The molecule has 0 saturated carbocycles. The maximum Gasteiger partial charge on any atom is 0.187 e. The van der Waals surface area contributed by atoms with Gasteiger partial charge in [0.2, 0.25) is 0 Å². The largest absolute Gasteiger partial charge is 0.394 e. The van der Waals surface area contributed by atoms with E-state index >= 15 is 0 Å². The lowest BCUT2D eigenvalue weighted by molar-refractivity contribution is -0.373. The zero-order chi connectivity index (χ0) is 34.9. The Balaban J connectivity index is 1.43. The second-order valence-corrected chi connectivity index (χ2v) is 12.5. The van der Waals surface area contributed by atoms with Gasteiger partial charge < -0.3 is 99.5 Å². The first-order valence-corrected chi connectivity index (χ1v) is 15.3. The molecular weight excluding hydrogens is 644 g/mol. The molecule has 276 valence electrons. The predicted molar refractivity (Wildman–Crippen MR) is 147 cm³/mol. The fourth-order valence-electron chi connectivity index (χ4n) is 5.91. The van der Waals surface area contributed by atoms with Gasteiger partial charge in [-0.25, -0.2) is 0 Å². The number of hydrogen-bond donors (Lipinski definition) is 13. The monoisotopic (exact) mass is 692 g/mol. The minimum absolute atomic E-state index is 0.259. The Hall–Kier alpha value is -0.800. The van der Waals surface area contributed by atoms with Crippen LogP contribution in [0.1, 0.15) is 13.8 Å². The molecule has 47 heavy (non-hydrogen) atoms. The minimum atomic E-state index is -1.90. The fraction of sp³-hybridized carbons (Fsp3) is 1.00. The molecule has 0 amide bonds. The molecule has 4 heterocycles. The third-order valence-corrected chi connectivity index (χ3v) is 8.89. The average Bonchev–Trinajstić information content (AvgIpc) is 3.05. The number of aliphatic hydroxyl groups excluding tert-OH is 13. The molecule has 4 saturated heterocycles. The lowest BCUT2D eigenvalue weighted by Crippen LogP contribution is -2.65. The smallest absolute Gasteiger partial charge is 0.187 e. The van der Waals surface area contributed by atoms with Crippen molar-refractivity contribution in [2.75, 3.05) is 26.4 Å².